The second-order valence-corrected chi connectivity index (χ2v) is 4.63. The van der Waals surface area contributed by atoms with E-state index in [1.807, 2.05) is 20.2 Å². The van der Waals surface area contributed by atoms with Gasteiger partial charge in [-0.3, -0.25) is 14.8 Å². The number of aryl methyl sites for hydroxylation is 2. The highest BCUT2D eigenvalue weighted by Gasteiger charge is 2.36. The molecule has 1 unspecified atom stereocenters. The first kappa shape index (κ1) is 12.1. The lowest BCUT2D eigenvalue weighted by Crippen LogP contribution is -2.39. The van der Waals surface area contributed by atoms with Crippen molar-refractivity contribution in [2.75, 3.05) is 7.11 Å². The third kappa shape index (κ3) is 2.85. The first-order valence-corrected chi connectivity index (χ1v) is 5.92. The van der Waals surface area contributed by atoms with E-state index in [1.54, 1.807) is 4.68 Å². The summed E-state index contributed by atoms with van der Waals surface area (Å²) in [6, 6.07) is -0.167. The summed E-state index contributed by atoms with van der Waals surface area (Å²) in [6.07, 6.45) is 4.20. The molecule has 1 aliphatic carbocycles. The molecule has 2 rings (SSSR count). The van der Waals surface area contributed by atoms with Crippen molar-refractivity contribution in [3.63, 3.8) is 0 Å². The molecular weight excluding hydrogens is 218 g/mol. The quantitative estimate of drug-likeness (QED) is 0.769. The van der Waals surface area contributed by atoms with Crippen molar-refractivity contribution < 1.29 is 9.53 Å². The van der Waals surface area contributed by atoms with Gasteiger partial charge in [0.1, 0.15) is 6.04 Å². The van der Waals surface area contributed by atoms with Gasteiger partial charge in [-0.15, -0.1) is 0 Å². The van der Waals surface area contributed by atoms with Gasteiger partial charge < -0.3 is 4.74 Å². The van der Waals surface area contributed by atoms with Crippen LogP contribution in [0.5, 0.6) is 0 Å². The largest absolute Gasteiger partial charge is 0.468 e. The lowest BCUT2D eigenvalue weighted by molar-refractivity contribution is -0.143. The average molecular weight is 237 g/mol. The van der Waals surface area contributed by atoms with Crippen molar-refractivity contribution in [3.05, 3.63) is 17.5 Å². The van der Waals surface area contributed by atoms with E-state index in [-0.39, 0.29) is 12.0 Å². The summed E-state index contributed by atoms with van der Waals surface area (Å²) in [6.45, 7) is 2.64. The molecule has 1 aromatic rings. The Labute approximate surface area is 101 Å². The molecule has 5 heteroatoms. The van der Waals surface area contributed by atoms with Crippen molar-refractivity contribution in [3.8, 4) is 0 Å². The van der Waals surface area contributed by atoms with Gasteiger partial charge in [-0.2, -0.15) is 5.10 Å². The Morgan fingerprint density at radius 3 is 2.88 bits per heavy atom. The standard InChI is InChI=1S/C12H19N3O2/c1-8-10(7-15(2)14-8)6-13-11(9-4-5-9)12(16)17-3/h7,9,11,13H,4-6H2,1-3H3. The fourth-order valence-corrected chi connectivity index (χ4v) is 2.04. The van der Waals surface area contributed by atoms with Crippen LogP contribution in [0.25, 0.3) is 0 Å². The second-order valence-electron chi connectivity index (χ2n) is 4.63. The van der Waals surface area contributed by atoms with Crippen LogP contribution in [0.15, 0.2) is 6.20 Å². The number of carbonyl (C=O) groups is 1. The number of rotatable bonds is 5. The van der Waals surface area contributed by atoms with E-state index in [0.29, 0.717) is 12.5 Å². The minimum atomic E-state index is -0.167. The maximum Gasteiger partial charge on any atom is 0.323 e. The van der Waals surface area contributed by atoms with E-state index in [2.05, 4.69) is 10.4 Å². The van der Waals surface area contributed by atoms with Crippen LogP contribution in [0.3, 0.4) is 0 Å². The molecule has 1 atom stereocenters. The zero-order chi connectivity index (χ0) is 12.4. The van der Waals surface area contributed by atoms with Gasteiger partial charge in [0.05, 0.1) is 12.8 Å². The highest BCUT2D eigenvalue weighted by Crippen LogP contribution is 2.33. The van der Waals surface area contributed by atoms with E-state index in [0.717, 1.165) is 24.1 Å². The number of carbonyl (C=O) groups excluding carboxylic acids is 1. The molecule has 0 amide bonds. The van der Waals surface area contributed by atoms with Gasteiger partial charge in [0.25, 0.3) is 0 Å². The molecule has 0 aliphatic heterocycles. The number of ether oxygens (including phenoxy) is 1. The summed E-state index contributed by atoms with van der Waals surface area (Å²) in [5.41, 5.74) is 2.13. The van der Waals surface area contributed by atoms with Crippen LogP contribution in [-0.2, 0) is 23.1 Å². The van der Waals surface area contributed by atoms with Crippen LogP contribution in [-0.4, -0.2) is 28.9 Å². The summed E-state index contributed by atoms with van der Waals surface area (Å²) in [7, 11) is 3.34. The predicted octanol–water partition coefficient (Wildman–Crippen LogP) is 0.770. The average Bonchev–Trinajstić information content (AvgIpc) is 3.06. The van der Waals surface area contributed by atoms with Crippen molar-refractivity contribution in [1.82, 2.24) is 15.1 Å². The molecule has 1 saturated carbocycles. The monoisotopic (exact) mass is 237 g/mol. The highest BCUT2D eigenvalue weighted by atomic mass is 16.5. The predicted molar refractivity (Wildman–Crippen MR) is 63.3 cm³/mol. The number of nitrogens with one attached hydrogen (secondary N) is 1. The number of aromatic nitrogens is 2. The molecule has 0 spiro atoms. The summed E-state index contributed by atoms with van der Waals surface area (Å²) < 4.78 is 6.60. The number of esters is 1. The molecule has 1 N–H and O–H groups in total. The lowest BCUT2D eigenvalue weighted by atomic mass is 10.1. The fourth-order valence-electron chi connectivity index (χ4n) is 2.04. The summed E-state index contributed by atoms with van der Waals surface area (Å²) in [5, 5.41) is 7.55. The Hall–Kier alpha value is -1.36. The number of nitrogens with zero attached hydrogens (tertiary/aromatic N) is 2. The van der Waals surface area contributed by atoms with Gasteiger partial charge in [0, 0.05) is 25.4 Å². The zero-order valence-electron chi connectivity index (χ0n) is 10.6. The van der Waals surface area contributed by atoms with Gasteiger partial charge in [-0.25, -0.2) is 0 Å². The van der Waals surface area contributed by atoms with Crippen LogP contribution in [0, 0.1) is 12.8 Å². The summed E-state index contributed by atoms with van der Waals surface area (Å²) in [4.78, 5) is 11.6. The van der Waals surface area contributed by atoms with Crippen LogP contribution in [0.1, 0.15) is 24.1 Å². The Balaban J connectivity index is 1.95. The molecule has 0 radical (unpaired) electrons. The van der Waals surface area contributed by atoms with Crippen molar-refractivity contribution in [2.24, 2.45) is 13.0 Å². The number of methoxy groups -OCH3 is 1. The van der Waals surface area contributed by atoms with Gasteiger partial charge >= 0.3 is 5.97 Å². The van der Waals surface area contributed by atoms with E-state index in [4.69, 9.17) is 4.74 Å². The third-order valence-corrected chi connectivity index (χ3v) is 3.18. The molecule has 1 aromatic heterocycles. The van der Waals surface area contributed by atoms with E-state index in [9.17, 15) is 4.79 Å². The first-order valence-electron chi connectivity index (χ1n) is 5.92. The SMILES string of the molecule is COC(=O)C(NCc1cn(C)nc1C)C1CC1. The molecular formula is C12H19N3O2. The normalized spacial score (nSPS) is 16.9. The Bertz CT molecular complexity index is 410. The topological polar surface area (TPSA) is 56.1 Å². The highest BCUT2D eigenvalue weighted by molar-refractivity contribution is 5.76. The molecule has 5 nitrogen and oxygen atoms in total. The Kier molecular flexibility index (Phi) is 3.47. The maximum atomic E-state index is 11.6. The molecule has 17 heavy (non-hydrogen) atoms. The summed E-state index contributed by atoms with van der Waals surface area (Å²) >= 11 is 0. The maximum absolute atomic E-state index is 11.6. The van der Waals surface area contributed by atoms with Gasteiger partial charge in [-0.1, -0.05) is 0 Å². The first-order chi connectivity index (χ1) is 8.11. The summed E-state index contributed by atoms with van der Waals surface area (Å²) in [5.74, 6) is 0.286. The Morgan fingerprint density at radius 2 is 2.41 bits per heavy atom. The van der Waals surface area contributed by atoms with Crippen LogP contribution in [0.4, 0.5) is 0 Å². The molecule has 0 aromatic carbocycles. The van der Waals surface area contributed by atoms with Crippen molar-refractivity contribution in [1.29, 1.82) is 0 Å². The van der Waals surface area contributed by atoms with Crippen molar-refractivity contribution >= 4 is 5.97 Å². The second kappa shape index (κ2) is 4.87. The van der Waals surface area contributed by atoms with Crippen LogP contribution >= 0.6 is 0 Å². The van der Waals surface area contributed by atoms with E-state index in [1.165, 1.54) is 7.11 Å². The van der Waals surface area contributed by atoms with Gasteiger partial charge in [-0.05, 0) is 25.7 Å². The van der Waals surface area contributed by atoms with Gasteiger partial charge in [0.2, 0.25) is 0 Å². The van der Waals surface area contributed by atoms with Gasteiger partial charge in [0.15, 0.2) is 0 Å². The molecule has 0 bridgehead atoms. The molecule has 94 valence electrons. The number of hydrogen-bond acceptors (Lipinski definition) is 4. The fraction of sp³-hybridized carbons (Fsp3) is 0.667. The third-order valence-electron chi connectivity index (χ3n) is 3.18. The Morgan fingerprint density at radius 1 is 1.71 bits per heavy atom. The molecule has 1 fully saturated rings. The molecule has 1 aliphatic rings. The zero-order valence-corrected chi connectivity index (χ0v) is 10.6. The smallest absolute Gasteiger partial charge is 0.323 e. The van der Waals surface area contributed by atoms with Crippen molar-refractivity contribution in [2.45, 2.75) is 32.4 Å². The van der Waals surface area contributed by atoms with Crippen LogP contribution in [0.2, 0.25) is 0 Å². The van der Waals surface area contributed by atoms with E-state index < -0.39 is 0 Å². The number of hydrogen-bond donors (Lipinski definition) is 1. The minimum Gasteiger partial charge on any atom is -0.468 e. The molecule has 1 heterocycles. The molecule has 0 saturated heterocycles. The lowest BCUT2D eigenvalue weighted by Gasteiger charge is -2.15. The van der Waals surface area contributed by atoms with E-state index >= 15 is 0 Å². The van der Waals surface area contributed by atoms with Crippen LogP contribution < -0.4 is 5.32 Å². The minimum absolute atomic E-state index is 0.158.